The molecule has 0 aromatic heterocycles. The summed E-state index contributed by atoms with van der Waals surface area (Å²) in [6.45, 7) is 5.35. The van der Waals surface area contributed by atoms with Crippen molar-refractivity contribution < 1.29 is 13.2 Å². The number of fused-ring (bicyclic) bond motifs is 1. The molecule has 2 atom stereocenters. The second-order valence-corrected chi connectivity index (χ2v) is 9.87. The van der Waals surface area contributed by atoms with Gasteiger partial charge in [-0.25, -0.2) is 8.42 Å². The molecule has 1 saturated carbocycles. The van der Waals surface area contributed by atoms with Crippen molar-refractivity contribution in [2.75, 3.05) is 18.0 Å². The molecule has 2 fully saturated rings. The SMILES string of the molecule is C[C@H]1CCCN(S(=O)(=O)c2ccc3c(c2)C[C@H](C)N3C(=O)C2CC2)C1. The van der Waals surface area contributed by atoms with Gasteiger partial charge in [0.1, 0.15) is 0 Å². The summed E-state index contributed by atoms with van der Waals surface area (Å²) in [4.78, 5) is 14.8. The Balaban J connectivity index is 1.63. The van der Waals surface area contributed by atoms with Gasteiger partial charge in [-0.1, -0.05) is 6.92 Å². The number of benzene rings is 1. The third-order valence-corrected chi connectivity index (χ3v) is 7.55. The molecule has 136 valence electrons. The van der Waals surface area contributed by atoms with Crippen molar-refractivity contribution in [1.82, 2.24) is 4.31 Å². The molecule has 6 heteroatoms. The number of hydrogen-bond donors (Lipinski definition) is 0. The highest BCUT2D eigenvalue weighted by atomic mass is 32.2. The number of rotatable bonds is 3. The second-order valence-electron chi connectivity index (χ2n) is 7.94. The van der Waals surface area contributed by atoms with Crippen LogP contribution in [0.5, 0.6) is 0 Å². The van der Waals surface area contributed by atoms with Gasteiger partial charge < -0.3 is 4.90 Å². The summed E-state index contributed by atoms with van der Waals surface area (Å²) in [6.07, 6.45) is 4.71. The molecule has 2 aliphatic heterocycles. The molecule has 1 saturated heterocycles. The fourth-order valence-electron chi connectivity index (χ4n) is 4.14. The molecule has 4 rings (SSSR count). The summed E-state index contributed by atoms with van der Waals surface area (Å²) in [5, 5.41) is 0. The fraction of sp³-hybridized carbons (Fsp3) is 0.632. The number of anilines is 1. The molecule has 0 spiro atoms. The van der Waals surface area contributed by atoms with E-state index in [-0.39, 0.29) is 17.9 Å². The fourth-order valence-corrected chi connectivity index (χ4v) is 5.79. The Kier molecular flexibility index (Phi) is 4.15. The number of carbonyl (C=O) groups is 1. The summed E-state index contributed by atoms with van der Waals surface area (Å²) in [5.74, 6) is 0.781. The Labute approximate surface area is 150 Å². The lowest BCUT2D eigenvalue weighted by atomic mass is 10.0. The first-order valence-electron chi connectivity index (χ1n) is 9.34. The summed E-state index contributed by atoms with van der Waals surface area (Å²) in [5.41, 5.74) is 1.88. The normalized spacial score (nSPS) is 27.4. The van der Waals surface area contributed by atoms with Gasteiger partial charge in [0.15, 0.2) is 0 Å². The van der Waals surface area contributed by atoms with Gasteiger partial charge in [0, 0.05) is 30.7 Å². The number of hydrogen-bond acceptors (Lipinski definition) is 3. The van der Waals surface area contributed by atoms with E-state index in [0.29, 0.717) is 23.9 Å². The van der Waals surface area contributed by atoms with Gasteiger partial charge in [0.25, 0.3) is 0 Å². The smallest absolute Gasteiger partial charge is 0.243 e. The Morgan fingerprint density at radius 3 is 2.60 bits per heavy atom. The van der Waals surface area contributed by atoms with Crippen molar-refractivity contribution in [2.45, 2.75) is 56.9 Å². The molecule has 0 bridgehead atoms. The highest BCUT2D eigenvalue weighted by Gasteiger charge is 2.40. The van der Waals surface area contributed by atoms with Crippen LogP contribution in [0.1, 0.15) is 45.1 Å². The first-order chi connectivity index (χ1) is 11.9. The van der Waals surface area contributed by atoms with Crippen LogP contribution in [0.2, 0.25) is 0 Å². The molecule has 25 heavy (non-hydrogen) atoms. The average Bonchev–Trinajstić information content (AvgIpc) is 3.36. The lowest BCUT2D eigenvalue weighted by Crippen LogP contribution is -2.39. The highest BCUT2D eigenvalue weighted by molar-refractivity contribution is 7.89. The summed E-state index contributed by atoms with van der Waals surface area (Å²) in [6, 6.07) is 5.41. The average molecular weight is 362 g/mol. The molecular formula is C19H26N2O3S. The van der Waals surface area contributed by atoms with Gasteiger partial charge in [-0.15, -0.1) is 0 Å². The van der Waals surface area contributed by atoms with E-state index in [1.165, 1.54) is 0 Å². The quantitative estimate of drug-likeness (QED) is 0.831. The first kappa shape index (κ1) is 17.0. The highest BCUT2D eigenvalue weighted by Crippen LogP contribution is 2.40. The Bertz CT molecular complexity index is 801. The minimum atomic E-state index is -3.45. The second kappa shape index (κ2) is 6.09. The zero-order chi connectivity index (χ0) is 17.8. The lowest BCUT2D eigenvalue weighted by molar-refractivity contribution is -0.120. The van der Waals surface area contributed by atoms with Crippen molar-refractivity contribution in [3.05, 3.63) is 23.8 Å². The van der Waals surface area contributed by atoms with Crippen molar-refractivity contribution in [3.8, 4) is 0 Å². The van der Waals surface area contributed by atoms with E-state index in [1.807, 2.05) is 17.9 Å². The summed E-state index contributed by atoms with van der Waals surface area (Å²) >= 11 is 0. The number of nitrogens with zero attached hydrogens (tertiary/aromatic N) is 2. The zero-order valence-electron chi connectivity index (χ0n) is 14.9. The molecule has 3 aliphatic rings. The van der Waals surface area contributed by atoms with Crippen molar-refractivity contribution in [3.63, 3.8) is 0 Å². The maximum Gasteiger partial charge on any atom is 0.243 e. The van der Waals surface area contributed by atoms with Gasteiger partial charge in [-0.05, 0) is 68.7 Å². The van der Waals surface area contributed by atoms with Gasteiger partial charge in [-0.2, -0.15) is 4.31 Å². The van der Waals surface area contributed by atoms with E-state index < -0.39 is 10.0 Å². The third kappa shape index (κ3) is 2.99. The van der Waals surface area contributed by atoms with E-state index in [0.717, 1.165) is 43.4 Å². The molecule has 5 nitrogen and oxygen atoms in total. The molecule has 0 unspecified atom stereocenters. The minimum absolute atomic E-state index is 0.107. The molecule has 1 amide bonds. The minimum Gasteiger partial charge on any atom is -0.309 e. The summed E-state index contributed by atoms with van der Waals surface area (Å²) in [7, 11) is -3.45. The largest absolute Gasteiger partial charge is 0.309 e. The molecule has 0 radical (unpaired) electrons. The number of piperidine rings is 1. The predicted molar refractivity (Wildman–Crippen MR) is 97.0 cm³/mol. The Morgan fingerprint density at radius 1 is 1.16 bits per heavy atom. The van der Waals surface area contributed by atoms with Crippen LogP contribution in [0.15, 0.2) is 23.1 Å². The van der Waals surface area contributed by atoms with Crippen LogP contribution in [0.4, 0.5) is 5.69 Å². The molecular weight excluding hydrogens is 336 g/mol. The monoisotopic (exact) mass is 362 g/mol. The van der Waals surface area contributed by atoms with E-state index in [1.54, 1.807) is 16.4 Å². The van der Waals surface area contributed by atoms with E-state index in [4.69, 9.17) is 0 Å². The molecule has 1 aromatic rings. The van der Waals surface area contributed by atoms with Crippen LogP contribution in [0, 0.1) is 11.8 Å². The van der Waals surface area contributed by atoms with Gasteiger partial charge in [-0.3, -0.25) is 4.79 Å². The van der Waals surface area contributed by atoms with Crippen molar-refractivity contribution in [1.29, 1.82) is 0 Å². The van der Waals surface area contributed by atoms with Crippen LogP contribution >= 0.6 is 0 Å². The predicted octanol–water partition coefficient (Wildman–Crippen LogP) is 2.79. The van der Waals surface area contributed by atoms with Crippen LogP contribution in [0.25, 0.3) is 0 Å². The molecule has 1 aliphatic carbocycles. The van der Waals surface area contributed by atoms with E-state index in [2.05, 4.69) is 6.92 Å². The third-order valence-electron chi connectivity index (χ3n) is 5.69. The first-order valence-corrected chi connectivity index (χ1v) is 10.8. The lowest BCUT2D eigenvalue weighted by Gasteiger charge is -2.30. The number of sulfonamides is 1. The van der Waals surface area contributed by atoms with Gasteiger partial charge >= 0.3 is 0 Å². The Morgan fingerprint density at radius 2 is 1.92 bits per heavy atom. The van der Waals surface area contributed by atoms with Crippen LogP contribution in [0.3, 0.4) is 0 Å². The van der Waals surface area contributed by atoms with Crippen molar-refractivity contribution >= 4 is 21.6 Å². The maximum atomic E-state index is 13.0. The number of carbonyl (C=O) groups excluding carboxylic acids is 1. The topological polar surface area (TPSA) is 57.7 Å². The van der Waals surface area contributed by atoms with Crippen LogP contribution in [-0.4, -0.2) is 37.8 Å². The molecule has 0 N–H and O–H groups in total. The van der Waals surface area contributed by atoms with E-state index >= 15 is 0 Å². The van der Waals surface area contributed by atoms with Crippen LogP contribution < -0.4 is 4.90 Å². The Hall–Kier alpha value is -1.40. The standard InChI is InChI=1S/C19H26N2O3S/c1-13-4-3-9-20(12-13)25(23,24)17-7-8-18-16(11-17)10-14(2)21(18)19(22)15-5-6-15/h7-8,11,13-15H,3-6,9-10,12H2,1-2H3/t13-,14-/m0/s1. The van der Waals surface area contributed by atoms with Crippen molar-refractivity contribution in [2.24, 2.45) is 11.8 Å². The van der Waals surface area contributed by atoms with Gasteiger partial charge in [0.2, 0.25) is 15.9 Å². The molecule has 1 aromatic carbocycles. The maximum absolute atomic E-state index is 13.0. The van der Waals surface area contributed by atoms with Crippen LogP contribution in [-0.2, 0) is 21.2 Å². The molecule has 2 heterocycles. The number of amides is 1. The van der Waals surface area contributed by atoms with Gasteiger partial charge in [0.05, 0.1) is 4.90 Å². The van der Waals surface area contributed by atoms with E-state index in [9.17, 15) is 13.2 Å². The zero-order valence-corrected chi connectivity index (χ0v) is 15.8. The summed E-state index contributed by atoms with van der Waals surface area (Å²) < 4.78 is 27.6.